The van der Waals surface area contributed by atoms with Gasteiger partial charge in [-0.15, -0.1) is 0 Å². The second kappa shape index (κ2) is 7.35. The van der Waals surface area contributed by atoms with Crippen LogP contribution in [0.3, 0.4) is 0 Å². The summed E-state index contributed by atoms with van der Waals surface area (Å²) in [4.78, 5) is 19.1. The Morgan fingerprint density at radius 3 is 2.88 bits per heavy atom. The summed E-state index contributed by atoms with van der Waals surface area (Å²) in [6, 6.07) is 1.51. The molecule has 0 radical (unpaired) electrons. The first-order valence-electron chi connectivity index (χ1n) is 8.78. The van der Waals surface area contributed by atoms with Crippen LogP contribution in [0, 0.1) is 26.7 Å². The van der Waals surface area contributed by atoms with Gasteiger partial charge in [0.2, 0.25) is 11.8 Å². The van der Waals surface area contributed by atoms with Crippen LogP contribution in [0.15, 0.2) is 10.6 Å². The Morgan fingerprint density at radius 1 is 1.44 bits per heavy atom. The van der Waals surface area contributed by atoms with Crippen molar-refractivity contribution >= 4 is 11.8 Å². The van der Waals surface area contributed by atoms with E-state index in [1.54, 1.807) is 6.07 Å². The summed E-state index contributed by atoms with van der Waals surface area (Å²) in [5.74, 6) is 2.55. The van der Waals surface area contributed by atoms with Gasteiger partial charge in [-0.05, 0) is 53.0 Å². The van der Waals surface area contributed by atoms with E-state index >= 15 is 0 Å². The van der Waals surface area contributed by atoms with E-state index in [1.807, 2.05) is 32.4 Å². The van der Waals surface area contributed by atoms with Crippen LogP contribution in [0.2, 0.25) is 0 Å². The fourth-order valence-electron chi connectivity index (χ4n) is 3.39. The van der Waals surface area contributed by atoms with E-state index in [0.717, 1.165) is 49.8 Å². The molecule has 3 rings (SSSR count). The van der Waals surface area contributed by atoms with Gasteiger partial charge in [-0.3, -0.25) is 15.0 Å². The number of rotatable bonds is 5. The zero-order valence-corrected chi connectivity index (χ0v) is 15.3. The summed E-state index contributed by atoms with van der Waals surface area (Å²) in [5.41, 5.74) is 0.750. The molecule has 0 aliphatic carbocycles. The third-order valence-corrected chi connectivity index (χ3v) is 4.75. The molecule has 0 bridgehead atoms. The van der Waals surface area contributed by atoms with Gasteiger partial charge in [0.25, 0.3) is 0 Å². The Hall–Kier alpha value is -2.22. The minimum Gasteiger partial charge on any atom is -0.338 e. The zero-order chi connectivity index (χ0) is 18.0. The van der Waals surface area contributed by atoms with E-state index in [9.17, 15) is 4.79 Å². The van der Waals surface area contributed by atoms with Gasteiger partial charge in [-0.1, -0.05) is 5.16 Å². The molecule has 1 amide bonds. The van der Waals surface area contributed by atoms with Crippen molar-refractivity contribution in [2.45, 2.75) is 53.1 Å². The molecule has 25 heavy (non-hydrogen) atoms. The van der Waals surface area contributed by atoms with Crippen LogP contribution in [-0.2, 0) is 11.3 Å². The molecule has 136 valence electrons. The molecule has 2 unspecified atom stereocenters. The normalized spacial score (nSPS) is 19.8. The molecule has 2 atom stereocenters. The summed E-state index contributed by atoms with van der Waals surface area (Å²) < 4.78 is 7.05. The van der Waals surface area contributed by atoms with Crippen molar-refractivity contribution in [3.05, 3.63) is 23.4 Å². The van der Waals surface area contributed by atoms with Crippen LogP contribution in [0.5, 0.6) is 0 Å². The fraction of sp³-hybridized carbons (Fsp3) is 0.647. The monoisotopic (exact) mass is 346 g/mol. The zero-order valence-electron chi connectivity index (χ0n) is 15.3. The Labute approximate surface area is 147 Å². The number of anilines is 1. The van der Waals surface area contributed by atoms with Gasteiger partial charge >= 0.3 is 0 Å². The van der Waals surface area contributed by atoms with Crippen LogP contribution in [-0.4, -0.2) is 49.9 Å². The highest BCUT2D eigenvalue weighted by Gasteiger charge is 2.28. The number of aromatic nitrogens is 4. The van der Waals surface area contributed by atoms with Crippen molar-refractivity contribution < 1.29 is 9.32 Å². The molecule has 1 aliphatic heterocycles. The number of hydrogen-bond acceptors (Lipinski definition) is 6. The summed E-state index contributed by atoms with van der Waals surface area (Å²) in [5, 5.41) is 11.0. The molecule has 0 saturated carbocycles. The van der Waals surface area contributed by atoms with Crippen molar-refractivity contribution in [3.63, 3.8) is 0 Å². The Balaban J connectivity index is 1.58. The molecule has 2 aromatic rings. The lowest BCUT2D eigenvalue weighted by molar-refractivity contribution is -0.121. The maximum atomic E-state index is 12.5. The molecule has 1 N–H and O–H groups in total. The predicted octanol–water partition coefficient (Wildman–Crippen LogP) is 1.93. The average molecular weight is 346 g/mol. The predicted molar refractivity (Wildman–Crippen MR) is 93.1 cm³/mol. The number of aryl methyl sites for hydroxylation is 3. The number of amides is 1. The molecule has 3 heterocycles. The number of piperidine rings is 1. The highest BCUT2D eigenvalue weighted by atomic mass is 16.5. The topological polar surface area (TPSA) is 89.1 Å². The Bertz CT molecular complexity index is 737. The van der Waals surface area contributed by atoms with Crippen molar-refractivity contribution in [3.8, 4) is 0 Å². The average Bonchev–Trinajstić information content (AvgIpc) is 3.11. The van der Waals surface area contributed by atoms with Crippen LogP contribution in [0.4, 0.5) is 5.88 Å². The Kier molecular flexibility index (Phi) is 5.17. The largest absolute Gasteiger partial charge is 0.338 e. The van der Waals surface area contributed by atoms with Crippen molar-refractivity contribution in [1.82, 2.24) is 24.8 Å². The van der Waals surface area contributed by atoms with Crippen LogP contribution >= 0.6 is 0 Å². The van der Waals surface area contributed by atoms with E-state index in [-0.39, 0.29) is 11.9 Å². The van der Waals surface area contributed by atoms with Gasteiger partial charge in [0.1, 0.15) is 11.6 Å². The smallest absolute Gasteiger partial charge is 0.243 e. The lowest BCUT2D eigenvalue weighted by atomic mass is 9.96. The molecule has 8 heteroatoms. The third kappa shape index (κ3) is 4.25. The number of hydrogen-bond donors (Lipinski definition) is 1. The van der Waals surface area contributed by atoms with E-state index < -0.39 is 0 Å². The molecule has 8 nitrogen and oxygen atoms in total. The quantitative estimate of drug-likeness (QED) is 0.890. The molecule has 0 aromatic carbocycles. The SMILES string of the molecule is Cc1cc(NC(=O)C(C)N2CCCC(Cn3nc(C)nc3C)C2)on1. The van der Waals surface area contributed by atoms with Gasteiger partial charge in [-0.2, -0.15) is 5.10 Å². The van der Waals surface area contributed by atoms with Crippen LogP contribution in [0.25, 0.3) is 0 Å². The van der Waals surface area contributed by atoms with E-state index in [1.165, 1.54) is 0 Å². The van der Waals surface area contributed by atoms with Crippen molar-refractivity contribution in [1.29, 1.82) is 0 Å². The molecule has 1 saturated heterocycles. The van der Waals surface area contributed by atoms with Gasteiger partial charge in [-0.25, -0.2) is 9.67 Å². The second-order valence-electron chi connectivity index (χ2n) is 6.89. The maximum Gasteiger partial charge on any atom is 0.243 e. The first kappa shape index (κ1) is 17.6. The number of likely N-dealkylation sites (tertiary alicyclic amines) is 1. The lowest BCUT2D eigenvalue weighted by Crippen LogP contribution is -2.47. The van der Waals surface area contributed by atoms with Gasteiger partial charge in [0, 0.05) is 19.2 Å². The highest BCUT2D eigenvalue weighted by molar-refractivity contribution is 5.93. The van der Waals surface area contributed by atoms with Crippen LogP contribution in [0.1, 0.15) is 37.1 Å². The number of nitrogens with one attached hydrogen (secondary N) is 1. The third-order valence-electron chi connectivity index (χ3n) is 4.75. The number of carbonyl (C=O) groups excluding carboxylic acids is 1. The molecule has 2 aromatic heterocycles. The lowest BCUT2D eigenvalue weighted by Gasteiger charge is -2.36. The summed E-state index contributed by atoms with van der Waals surface area (Å²) >= 11 is 0. The Morgan fingerprint density at radius 2 is 2.24 bits per heavy atom. The van der Waals surface area contributed by atoms with Gasteiger partial charge in [0.05, 0.1) is 11.7 Å². The second-order valence-corrected chi connectivity index (χ2v) is 6.89. The summed E-state index contributed by atoms with van der Waals surface area (Å²) in [7, 11) is 0. The van der Waals surface area contributed by atoms with E-state index in [4.69, 9.17) is 4.52 Å². The van der Waals surface area contributed by atoms with E-state index in [0.29, 0.717) is 11.8 Å². The molecule has 0 spiro atoms. The first-order chi connectivity index (χ1) is 11.9. The minimum atomic E-state index is -0.216. The molecular weight excluding hydrogens is 320 g/mol. The van der Waals surface area contributed by atoms with Gasteiger partial charge in [0.15, 0.2) is 0 Å². The molecular formula is C17H26N6O2. The summed E-state index contributed by atoms with van der Waals surface area (Å²) in [6.45, 7) is 10.3. The van der Waals surface area contributed by atoms with Crippen molar-refractivity contribution in [2.24, 2.45) is 5.92 Å². The first-order valence-corrected chi connectivity index (χ1v) is 8.78. The standard InChI is InChI=1S/C17H26N6O2/c1-11-8-16(25-21-11)19-17(24)12(2)22-7-5-6-15(9-22)10-23-14(4)18-13(3)20-23/h8,12,15H,5-7,9-10H2,1-4H3,(H,19,24). The van der Waals surface area contributed by atoms with Crippen LogP contribution < -0.4 is 5.32 Å². The maximum absolute atomic E-state index is 12.5. The molecule has 1 fully saturated rings. The number of nitrogens with zero attached hydrogens (tertiary/aromatic N) is 5. The molecule has 1 aliphatic rings. The highest BCUT2D eigenvalue weighted by Crippen LogP contribution is 2.21. The summed E-state index contributed by atoms with van der Waals surface area (Å²) in [6.07, 6.45) is 2.22. The van der Waals surface area contributed by atoms with Gasteiger partial charge < -0.3 is 4.52 Å². The fourth-order valence-corrected chi connectivity index (χ4v) is 3.39. The van der Waals surface area contributed by atoms with E-state index in [2.05, 4.69) is 25.5 Å². The number of carbonyl (C=O) groups is 1. The van der Waals surface area contributed by atoms with Crippen molar-refractivity contribution in [2.75, 3.05) is 18.4 Å². The minimum absolute atomic E-state index is 0.0652.